The first-order valence-electron chi connectivity index (χ1n) is 8.03. The van der Waals surface area contributed by atoms with Gasteiger partial charge in [0, 0.05) is 5.56 Å². The van der Waals surface area contributed by atoms with E-state index in [2.05, 4.69) is 55.5 Å². The van der Waals surface area contributed by atoms with E-state index in [1.54, 1.807) is 0 Å². The Bertz CT molecular complexity index is 715. The lowest BCUT2D eigenvalue weighted by atomic mass is 9.74. The maximum absolute atomic E-state index is 11.8. The summed E-state index contributed by atoms with van der Waals surface area (Å²) in [5, 5.41) is 7.62. The lowest BCUT2D eigenvalue weighted by Gasteiger charge is -2.35. The second-order valence-electron chi connectivity index (χ2n) is 7.16. The third kappa shape index (κ3) is 3.15. The van der Waals surface area contributed by atoms with Gasteiger partial charge in [-0.3, -0.25) is 4.79 Å². The van der Waals surface area contributed by atoms with Gasteiger partial charge in [0.2, 0.25) is 5.91 Å². The van der Waals surface area contributed by atoms with E-state index in [0.29, 0.717) is 0 Å². The third-order valence-corrected chi connectivity index (χ3v) is 4.48. The smallest absolute Gasteiger partial charge is 0.234 e. The van der Waals surface area contributed by atoms with E-state index < -0.39 is 0 Å². The predicted octanol–water partition coefficient (Wildman–Crippen LogP) is 2.27. The number of aryl methyl sites for hydroxylation is 1. The lowest BCUT2D eigenvalue weighted by molar-refractivity contribution is -0.120. The third-order valence-electron chi connectivity index (χ3n) is 4.48. The van der Waals surface area contributed by atoms with Crippen LogP contribution in [0.15, 0.2) is 30.5 Å². The molecule has 1 heterocycles. The molecule has 2 aromatic rings. The number of hydrogen-bond donors (Lipinski definition) is 2. The van der Waals surface area contributed by atoms with Crippen molar-refractivity contribution in [1.29, 1.82) is 0 Å². The van der Waals surface area contributed by atoms with Crippen LogP contribution in [-0.4, -0.2) is 22.2 Å². The average Bonchev–Trinajstić information content (AvgIpc) is 2.90. The Balaban J connectivity index is 2.01. The molecule has 5 heteroatoms. The number of fused-ring (bicyclic) bond motifs is 1. The number of amides is 1. The van der Waals surface area contributed by atoms with Gasteiger partial charge < -0.3 is 11.1 Å². The maximum atomic E-state index is 11.8. The number of nitrogens with one attached hydrogen (secondary N) is 1. The summed E-state index contributed by atoms with van der Waals surface area (Å²) in [4.78, 5) is 11.8. The number of carbonyl (C=O) groups excluding carboxylic acids is 1. The average molecular weight is 312 g/mol. The Morgan fingerprint density at radius 3 is 2.74 bits per heavy atom. The molecule has 1 aliphatic rings. The van der Waals surface area contributed by atoms with Crippen LogP contribution >= 0.6 is 0 Å². The molecule has 122 valence electrons. The van der Waals surface area contributed by atoms with Gasteiger partial charge in [0.15, 0.2) is 0 Å². The molecule has 0 radical (unpaired) electrons. The Morgan fingerprint density at radius 1 is 1.39 bits per heavy atom. The van der Waals surface area contributed by atoms with Crippen LogP contribution in [0.2, 0.25) is 0 Å². The normalized spacial score (nSPS) is 19.2. The molecule has 0 fully saturated rings. The van der Waals surface area contributed by atoms with Crippen LogP contribution in [0.3, 0.4) is 0 Å². The Hall–Kier alpha value is -2.14. The molecule has 0 saturated heterocycles. The molecule has 0 bridgehead atoms. The summed E-state index contributed by atoms with van der Waals surface area (Å²) in [6.07, 6.45) is 3.71. The van der Waals surface area contributed by atoms with E-state index in [-0.39, 0.29) is 23.9 Å². The molecule has 23 heavy (non-hydrogen) atoms. The molecule has 1 aliphatic carbocycles. The summed E-state index contributed by atoms with van der Waals surface area (Å²) in [5.74, 6) is -0.123. The van der Waals surface area contributed by atoms with Gasteiger partial charge in [-0.2, -0.15) is 5.10 Å². The molecule has 0 aliphatic heterocycles. The van der Waals surface area contributed by atoms with Gasteiger partial charge in [0.05, 0.1) is 30.2 Å². The summed E-state index contributed by atoms with van der Waals surface area (Å²) in [7, 11) is 0. The van der Waals surface area contributed by atoms with Gasteiger partial charge in [-0.25, -0.2) is 4.68 Å². The second-order valence-corrected chi connectivity index (χ2v) is 7.16. The topological polar surface area (TPSA) is 72.9 Å². The van der Waals surface area contributed by atoms with Crippen molar-refractivity contribution in [3.05, 3.63) is 47.3 Å². The zero-order valence-corrected chi connectivity index (χ0v) is 14.0. The SMILES string of the molecule is Cc1ccc(-n2ncc3c2CC(C)(C)C[C@H]3NC(=O)CN)cc1. The number of aromatic nitrogens is 2. The summed E-state index contributed by atoms with van der Waals surface area (Å²) in [6.45, 7) is 6.54. The van der Waals surface area contributed by atoms with Crippen LogP contribution in [0.5, 0.6) is 0 Å². The standard InChI is InChI=1S/C18H24N4O/c1-12-4-6-13(7-5-12)22-16-9-18(2,3)8-15(14(16)11-20-22)21-17(23)10-19/h4-7,11,15H,8-10,19H2,1-3H3,(H,21,23)/t15-/m1/s1. The van der Waals surface area contributed by atoms with E-state index in [1.165, 1.54) is 11.3 Å². The van der Waals surface area contributed by atoms with Crippen LogP contribution in [0, 0.1) is 12.3 Å². The number of rotatable bonds is 3. The molecule has 3 rings (SSSR count). The van der Waals surface area contributed by atoms with E-state index >= 15 is 0 Å². The summed E-state index contributed by atoms with van der Waals surface area (Å²) < 4.78 is 2.00. The molecule has 1 amide bonds. The zero-order chi connectivity index (χ0) is 16.6. The monoisotopic (exact) mass is 312 g/mol. The van der Waals surface area contributed by atoms with Gasteiger partial charge in [-0.1, -0.05) is 31.5 Å². The quantitative estimate of drug-likeness (QED) is 0.913. The van der Waals surface area contributed by atoms with Crippen molar-refractivity contribution in [1.82, 2.24) is 15.1 Å². The Kier molecular flexibility index (Phi) is 3.98. The van der Waals surface area contributed by atoms with Crippen molar-refractivity contribution in [3.63, 3.8) is 0 Å². The minimum Gasteiger partial charge on any atom is -0.348 e. The highest BCUT2D eigenvalue weighted by molar-refractivity contribution is 5.78. The van der Waals surface area contributed by atoms with Crippen molar-refractivity contribution in [2.75, 3.05) is 6.54 Å². The maximum Gasteiger partial charge on any atom is 0.234 e. The van der Waals surface area contributed by atoms with E-state index in [9.17, 15) is 4.79 Å². The van der Waals surface area contributed by atoms with E-state index in [0.717, 1.165) is 24.1 Å². The number of benzene rings is 1. The number of hydrogen-bond acceptors (Lipinski definition) is 3. The minimum absolute atomic E-state index is 0.0123. The van der Waals surface area contributed by atoms with Crippen LogP contribution in [0.4, 0.5) is 0 Å². The van der Waals surface area contributed by atoms with Crippen LogP contribution in [-0.2, 0) is 11.2 Å². The highest BCUT2D eigenvalue weighted by atomic mass is 16.1. The first-order valence-corrected chi connectivity index (χ1v) is 8.03. The summed E-state index contributed by atoms with van der Waals surface area (Å²) in [6, 6.07) is 8.31. The van der Waals surface area contributed by atoms with Crippen molar-refractivity contribution < 1.29 is 4.79 Å². The molecular formula is C18H24N4O. The van der Waals surface area contributed by atoms with E-state index in [4.69, 9.17) is 5.73 Å². The summed E-state index contributed by atoms with van der Waals surface area (Å²) >= 11 is 0. The van der Waals surface area contributed by atoms with Gasteiger partial charge in [-0.05, 0) is 37.3 Å². The molecule has 0 spiro atoms. The van der Waals surface area contributed by atoms with Gasteiger partial charge in [-0.15, -0.1) is 0 Å². The number of nitrogens with two attached hydrogens (primary N) is 1. The van der Waals surface area contributed by atoms with Crippen molar-refractivity contribution in [2.24, 2.45) is 11.1 Å². The van der Waals surface area contributed by atoms with Crippen molar-refractivity contribution >= 4 is 5.91 Å². The first kappa shape index (κ1) is 15.7. The van der Waals surface area contributed by atoms with Gasteiger partial charge >= 0.3 is 0 Å². The Labute approximate surface area is 136 Å². The fraction of sp³-hybridized carbons (Fsp3) is 0.444. The number of carbonyl (C=O) groups is 1. The summed E-state index contributed by atoms with van der Waals surface area (Å²) in [5.41, 5.74) is 10.1. The molecule has 0 unspecified atom stereocenters. The lowest BCUT2D eigenvalue weighted by Crippen LogP contribution is -2.39. The second kappa shape index (κ2) is 5.81. The van der Waals surface area contributed by atoms with Gasteiger partial charge in [0.1, 0.15) is 0 Å². The first-order chi connectivity index (χ1) is 10.9. The number of nitrogens with zero attached hydrogens (tertiary/aromatic N) is 2. The highest BCUT2D eigenvalue weighted by Gasteiger charge is 2.35. The van der Waals surface area contributed by atoms with Crippen LogP contribution < -0.4 is 11.1 Å². The van der Waals surface area contributed by atoms with Crippen molar-refractivity contribution in [2.45, 2.75) is 39.7 Å². The molecular weight excluding hydrogens is 288 g/mol. The largest absolute Gasteiger partial charge is 0.348 e. The molecule has 0 saturated carbocycles. The van der Waals surface area contributed by atoms with Crippen molar-refractivity contribution in [3.8, 4) is 5.69 Å². The molecule has 3 N–H and O–H groups in total. The van der Waals surface area contributed by atoms with Crippen LogP contribution in [0.1, 0.15) is 43.1 Å². The minimum atomic E-state index is -0.123. The molecule has 5 nitrogen and oxygen atoms in total. The highest BCUT2D eigenvalue weighted by Crippen LogP contribution is 2.41. The molecule has 1 aromatic carbocycles. The fourth-order valence-corrected chi connectivity index (χ4v) is 3.33. The van der Waals surface area contributed by atoms with E-state index in [1.807, 2.05) is 10.9 Å². The predicted molar refractivity (Wildman–Crippen MR) is 90.3 cm³/mol. The van der Waals surface area contributed by atoms with Gasteiger partial charge in [0.25, 0.3) is 0 Å². The van der Waals surface area contributed by atoms with Crippen LogP contribution in [0.25, 0.3) is 5.69 Å². The molecule has 1 aromatic heterocycles. The Morgan fingerprint density at radius 2 is 2.09 bits per heavy atom. The fourth-order valence-electron chi connectivity index (χ4n) is 3.33. The molecule has 1 atom stereocenters. The zero-order valence-electron chi connectivity index (χ0n) is 14.0.